The predicted octanol–water partition coefficient (Wildman–Crippen LogP) is 5.18. The number of rotatable bonds is 6. The van der Waals surface area contributed by atoms with Crippen LogP contribution in [0, 0.1) is 5.92 Å². The summed E-state index contributed by atoms with van der Waals surface area (Å²) in [6, 6.07) is 11.5. The highest BCUT2D eigenvalue weighted by Crippen LogP contribution is 2.26. The van der Waals surface area contributed by atoms with Gasteiger partial charge in [0.15, 0.2) is 0 Å². The third-order valence-corrected chi connectivity index (χ3v) is 4.73. The van der Waals surface area contributed by atoms with E-state index in [2.05, 4.69) is 15.5 Å². The fraction of sp³-hybridized carbons (Fsp3) is 0.250. The molecule has 0 saturated carbocycles. The zero-order valence-corrected chi connectivity index (χ0v) is 17.1. The van der Waals surface area contributed by atoms with Crippen LogP contribution in [-0.4, -0.2) is 23.2 Å². The van der Waals surface area contributed by atoms with Gasteiger partial charge in [0.25, 0.3) is 5.91 Å². The van der Waals surface area contributed by atoms with Crippen LogP contribution in [0.4, 0.5) is 0 Å². The Morgan fingerprint density at radius 2 is 1.86 bits per heavy atom. The van der Waals surface area contributed by atoms with Gasteiger partial charge in [0, 0.05) is 10.6 Å². The maximum Gasteiger partial charge on any atom is 0.253 e. The predicted molar refractivity (Wildman–Crippen MR) is 108 cm³/mol. The number of carbonyl (C=O) groups is 1. The Bertz CT molecular complexity index is 971. The molecule has 3 aromatic rings. The number of benzene rings is 2. The molecule has 28 heavy (non-hydrogen) atoms. The molecule has 1 N–H and O–H groups in total. The van der Waals surface area contributed by atoms with Gasteiger partial charge in [0.1, 0.15) is 11.8 Å². The first-order valence-electron chi connectivity index (χ1n) is 8.63. The van der Waals surface area contributed by atoms with Gasteiger partial charge < -0.3 is 14.6 Å². The van der Waals surface area contributed by atoms with E-state index < -0.39 is 6.04 Å². The van der Waals surface area contributed by atoms with Gasteiger partial charge in [-0.2, -0.15) is 4.98 Å². The fourth-order valence-electron chi connectivity index (χ4n) is 2.63. The topological polar surface area (TPSA) is 77.3 Å². The summed E-state index contributed by atoms with van der Waals surface area (Å²) in [5, 5.41) is 7.68. The summed E-state index contributed by atoms with van der Waals surface area (Å²) in [6.45, 7) is 3.90. The van der Waals surface area contributed by atoms with Gasteiger partial charge in [-0.1, -0.05) is 42.2 Å². The van der Waals surface area contributed by atoms with E-state index in [0.717, 1.165) is 11.3 Å². The van der Waals surface area contributed by atoms with Crippen molar-refractivity contribution in [2.75, 3.05) is 7.11 Å². The molecular formula is C20H19Cl2N3O3. The fourth-order valence-corrected chi connectivity index (χ4v) is 3.12. The molecule has 8 heteroatoms. The van der Waals surface area contributed by atoms with E-state index in [1.807, 2.05) is 38.1 Å². The zero-order chi connectivity index (χ0) is 20.3. The minimum Gasteiger partial charge on any atom is -0.497 e. The number of carbonyl (C=O) groups excluding carboxylic acids is 1. The quantitative estimate of drug-likeness (QED) is 0.595. The van der Waals surface area contributed by atoms with Crippen molar-refractivity contribution in [1.29, 1.82) is 0 Å². The Morgan fingerprint density at radius 3 is 2.46 bits per heavy atom. The van der Waals surface area contributed by atoms with E-state index in [0.29, 0.717) is 22.3 Å². The smallest absolute Gasteiger partial charge is 0.253 e. The molecule has 0 spiro atoms. The number of ether oxygens (including phenoxy) is 1. The second-order valence-electron chi connectivity index (χ2n) is 6.50. The lowest BCUT2D eigenvalue weighted by molar-refractivity contribution is 0.0914. The van der Waals surface area contributed by atoms with Gasteiger partial charge in [0.2, 0.25) is 11.7 Å². The summed E-state index contributed by atoms with van der Waals surface area (Å²) < 4.78 is 10.6. The van der Waals surface area contributed by atoms with Gasteiger partial charge in [0.05, 0.1) is 17.7 Å². The summed E-state index contributed by atoms with van der Waals surface area (Å²) >= 11 is 12.0. The molecule has 1 amide bonds. The molecule has 0 radical (unpaired) electrons. The highest BCUT2D eigenvalue weighted by atomic mass is 35.5. The van der Waals surface area contributed by atoms with Crippen molar-refractivity contribution in [2.24, 2.45) is 5.92 Å². The lowest BCUT2D eigenvalue weighted by Gasteiger charge is -2.19. The molecule has 0 fully saturated rings. The third-order valence-electron chi connectivity index (χ3n) is 4.19. The summed E-state index contributed by atoms with van der Waals surface area (Å²) in [6.07, 6.45) is 0. The first-order valence-corrected chi connectivity index (χ1v) is 9.38. The number of amides is 1. The van der Waals surface area contributed by atoms with Crippen LogP contribution in [0.3, 0.4) is 0 Å². The molecule has 1 aromatic heterocycles. The Kier molecular flexibility index (Phi) is 6.21. The van der Waals surface area contributed by atoms with Crippen molar-refractivity contribution >= 4 is 29.1 Å². The third kappa shape index (κ3) is 4.46. The molecule has 146 valence electrons. The van der Waals surface area contributed by atoms with Crippen molar-refractivity contribution in [3.8, 4) is 17.1 Å². The Labute approximate surface area is 172 Å². The Balaban J connectivity index is 1.82. The van der Waals surface area contributed by atoms with Crippen LogP contribution in [0.5, 0.6) is 5.75 Å². The molecule has 3 rings (SSSR count). The highest BCUT2D eigenvalue weighted by Gasteiger charge is 2.26. The number of halogens is 2. The second-order valence-corrected chi connectivity index (χ2v) is 7.35. The molecule has 0 bridgehead atoms. The van der Waals surface area contributed by atoms with Gasteiger partial charge in [-0.3, -0.25) is 4.79 Å². The van der Waals surface area contributed by atoms with Crippen LogP contribution < -0.4 is 10.1 Å². The molecule has 6 nitrogen and oxygen atoms in total. The monoisotopic (exact) mass is 419 g/mol. The lowest BCUT2D eigenvalue weighted by Crippen LogP contribution is -2.32. The summed E-state index contributed by atoms with van der Waals surface area (Å²) in [5.74, 6) is 1.16. The van der Waals surface area contributed by atoms with Crippen molar-refractivity contribution in [3.63, 3.8) is 0 Å². The first-order chi connectivity index (χ1) is 13.4. The lowest BCUT2D eigenvalue weighted by atomic mass is 10.0. The minimum atomic E-state index is -0.473. The number of methoxy groups -OCH3 is 1. The van der Waals surface area contributed by atoms with Gasteiger partial charge in [-0.05, 0) is 48.4 Å². The molecule has 0 aliphatic heterocycles. The molecule has 1 unspecified atom stereocenters. The number of nitrogens with one attached hydrogen (secondary N) is 1. The van der Waals surface area contributed by atoms with Crippen LogP contribution in [0.15, 0.2) is 47.0 Å². The van der Waals surface area contributed by atoms with Gasteiger partial charge >= 0.3 is 0 Å². The van der Waals surface area contributed by atoms with Gasteiger partial charge in [-0.25, -0.2) is 0 Å². The second kappa shape index (κ2) is 8.63. The van der Waals surface area contributed by atoms with Crippen LogP contribution in [0.25, 0.3) is 11.4 Å². The standard InChI is InChI=1S/C20H19Cl2N3O3/c1-11(2)17(23-19(26)15-9-6-13(21)10-16(15)22)20-24-18(25-28-20)12-4-7-14(27-3)8-5-12/h4-11,17H,1-3H3,(H,23,26). The number of hydrogen-bond acceptors (Lipinski definition) is 5. The molecule has 2 aromatic carbocycles. The van der Waals surface area contributed by atoms with E-state index in [1.165, 1.54) is 6.07 Å². The summed E-state index contributed by atoms with van der Waals surface area (Å²) in [7, 11) is 1.60. The van der Waals surface area contributed by atoms with Crippen molar-refractivity contribution in [1.82, 2.24) is 15.5 Å². The maximum atomic E-state index is 12.7. The van der Waals surface area contributed by atoms with E-state index in [4.69, 9.17) is 32.5 Å². The number of aromatic nitrogens is 2. The van der Waals surface area contributed by atoms with E-state index in [1.54, 1.807) is 19.2 Å². The highest BCUT2D eigenvalue weighted by molar-refractivity contribution is 6.36. The molecule has 0 saturated heterocycles. The van der Waals surface area contributed by atoms with Crippen LogP contribution >= 0.6 is 23.2 Å². The van der Waals surface area contributed by atoms with Crippen LogP contribution in [-0.2, 0) is 0 Å². The average molecular weight is 420 g/mol. The Hall–Kier alpha value is -2.57. The molecule has 0 aliphatic rings. The molecular weight excluding hydrogens is 401 g/mol. The normalized spacial score (nSPS) is 12.1. The molecule has 0 aliphatic carbocycles. The van der Waals surface area contributed by atoms with E-state index in [9.17, 15) is 4.79 Å². The van der Waals surface area contributed by atoms with E-state index in [-0.39, 0.29) is 16.8 Å². The van der Waals surface area contributed by atoms with Crippen molar-refractivity contribution in [3.05, 3.63) is 64.0 Å². The Morgan fingerprint density at radius 1 is 1.14 bits per heavy atom. The SMILES string of the molecule is COc1ccc(-c2noc(C(NC(=O)c3ccc(Cl)cc3Cl)C(C)C)n2)cc1. The average Bonchev–Trinajstić information content (AvgIpc) is 3.15. The molecule has 1 atom stereocenters. The maximum absolute atomic E-state index is 12.7. The first kappa shape index (κ1) is 20.2. The zero-order valence-electron chi connectivity index (χ0n) is 15.6. The summed E-state index contributed by atoms with van der Waals surface area (Å²) in [4.78, 5) is 17.1. The summed E-state index contributed by atoms with van der Waals surface area (Å²) in [5.41, 5.74) is 1.11. The van der Waals surface area contributed by atoms with Crippen LogP contribution in [0.2, 0.25) is 10.0 Å². The van der Waals surface area contributed by atoms with Crippen LogP contribution in [0.1, 0.15) is 36.1 Å². The number of nitrogens with zero attached hydrogens (tertiary/aromatic N) is 2. The van der Waals surface area contributed by atoms with Gasteiger partial charge in [-0.15, -0.1) is 0 Å². The number of hydrogen-bond donors (Lipinski definition) is 1. The largest absolute Gasteiger partial charge is 0.497 e. The minimum absolute atomic E-state index is 0.0131. The van der Waals surface area contributed by atoms with Crippen molar-refractivity contribution in [2.45, 2.75) is 19.9 Å². The van der Waals surface area contributed by atoms with E-state index >= 15 is 0 Å². The molecule has 1 heterocycles. The van der Waals surface area contributed by atoms with Crippen molar-refractivity contribution < 1.29 is 14.1 Å².